The van der Waals surface area contributed by atoms with Gasteiger partial charge in [0.25, 0.3) is 0 Å². The number of hydrogen-bond donors (Lipinski definition) is 2. The van der Waals surface area contributed by atoms with E-state index < -0.39 is 6.10 Å². The molecule has 6 nitrogen and oxygen atoms in total. The molecule has 1 fully saturated rings. The van der Waals surface area contributed by atoms with E-state index in [9.17, 15) is 9.50 Å². The lowest BCUT2D eigenvalue weighted by Crippen LogP contribution is -2.24. The fourth-order valence-electron chi connectivity index (χ4n) is 4.10. The van der Waals surface area contributed by atoms with Gasteiger partial charge >= 0.3 is 0 Å². The lowest BCUT2D eigenvalue weighted by atomic mass is 10.1. The van der Waals surface area contributed by atoms with Crippen LogP contribution in [0.25, 0.3) is 10.9 Å². The highest BCUT2D eigenvalue weighted by molar-refractivity contribution is 6.31. The van der Waals surface area contributed by atoms with Crippen molar-refractivity contribution in [2.45, 2.75) is 31.5 Å². The van der Waals surface area contributed by atoms with Gasteiger partial charge in [-0.1, -0.05) is 41.0 Å². The van der Waals surface area contributed by atoms with E-state index in [-0.39, 0.29) is 11.9 Å². The second-order valence-corrected chi connectivity index (χ2v) is 8.06. The molecule has 1 aliphatic heterocycles. The van der Waals surface area contributed by atoms with Crippen molar-refractivity contribution in [3.05, 3.63) is 82.3 Å². The molecule has 2 aromatic carbocycles. The van der Waals surface area contributed by atoms with Crippen molar-refractivity contribution in [2.75, 3.05) is 6.54 Å². The van der Waals surface area contributed by atoms with Gasteiger partial charge in [-0.15, -0.1) is 0 Å². The molecule has 1 saturated heterocycles. The predicted octanol–water partition coefficient (Wildman–Crippen LogP) is 4.24. The molecule has 8 heteroatoms. The molecule has 0 amide bonds. The van der Waals surface area contributed by atoms with E-state index in [0.29, 0.717) is 42.7 Å². The van der Waals surface area contributed by atoms with Gasteiger partial charge in [-0.05, 0) is 35.7 Å². The first kappa shape index (κ1) is 19.2. The summed E-state index contributed by atoms with van der Waals surface area (Å²) < 4.78 is 18.8. The van der Waals surface area contributed by atoms with E-state index in [1.807, 2.05) is 24.4 Å². The van der Waals surface area contributed by atoms with Crippen LogP contribution in [0.1, 0.15) is 35.3 Å². The number of β-amino-alcohol motifs (C(OH)–C–C–N with tert-alkyl or cyclic N) is 1. The van der Waals surface area contributed by atoms with Crippen LogP contribution >= 0.6 is 11.6 Å². The van der Waals surface area contributed by atoms with E-state index in [1.165, 1.54) is 12.1 Å². The smallest absolute Gasteiger partial charge is 0.244 e. The number of H-pyrrole nitrogens is 1. The lowest BCUT2D eigenvalue weighted by molar-refractivity contribution is 0.169. The highest BCUT2D eigenvalue weighted by Gasteiger charge is 2.36. The zero-order valence-corrected chi connectivity index (χ0v) is 16.8. The Bertz CT molecular complexity index is 1190. The van der Waals surface area contributed by atoms with E-state index in [2.05, 4.69) is 26.1 Å². The molecule has 0 aliphatic carbocycles. The first-order chi connectivity index (χ1) is 14.6. The number of aliphatic hydroxyl groups is 1. The minimum atomic E-state index is -0.456. The summed E-state index contributed by atoms with van der Waals surface area (Å²) in [6.07, 6.45) is 2.42. The minimum Gasteiger partial charge on any atom is -0.392 e. The number of nitrogens with one attached hydrogen (secondary N) is 1. The maximum Gasteiger partial charge on any atom is 0.244 e. The van der Waals surface area contributed by atoms with Crippen molar-refractivity contribution in [2.24, 2.45) is 0 Å². The van der Waals surface area contributed by atoms with Gasteiger partial charge in [0.2, 0.25) is 5.89 Å². The average molecular weight is 427 g/mol. The fraction of sp³-hybridized carbons (Fsp3) is 0.273. The summed E-state index contributed by atoms with van der Waals surface area (Å²) in [6, 6.07) is 12.2. The molecule has 2 atom stereocenters. The van der Waals surface area contributed by atoms with Gasteiger partial charge < -0.3 is 14.6 Å². The number of benzene rings is 2. The minimum absolute atomic E-state index is 0.168. The van der Waals surface area contributed by atoms with Crippen LogP contribution in [-0.4, -0.2) is 37.8 Å². The number of nitrogens with zero attached hydrogens (tertiary/aromatic N) is 3. The second kappa shape index (κ2) is 7.83. The maximum absolute atomic E-state index is 13.3. The Morgan fingerprint density at radius 1 is 1.23 bits per heavy atom. The average Bonchev–Trinajstić information content (AvgIpc) is 3.44. The molecular formula is C22H20ClFN4O2. The third-order valence-corrected chi connectivity index (χ3v) is 5.91. The van der Waals surface area contributed by atoms with E-state index >= 15 is 0 Å². The van der Waals surface area contributed by atoms with Crippen LogP contribution in [0.3, 0.4) is 0 Å². The van der Waals surface area contributed by atoms with Crippen molar-refractivity contribution in [1.29, 1.82) is 0 Å². The number of hydrogen-bond acceptors (Lipinski definition) is 5. The molecule has 0 spiro atoms. The van der Waals surface area contributed by atoms with Crippen molar-refractivity contribution >= 4 is 22.5 Å². The van der Waals surface area contributed by atoms with Crippen LogP contribution in [0, 0.1) is 5.82 Å². The van der Waals surface area contributed by atoms with Crippen molar-refractivity contribution in [3.63, 3.8) is 0 Å². The first-order valence-corrected chi connectivity index (χ1v) is 10.2. The summed E-state index contributed by atoms with van der Waals surface area (Å²) in [5.74, 6) is 0.567. The molecule has 0 bridgehead atoms. The van der Waals surface area contributed by atoms with Gasteiger partial charge in [0, 0.05) is 41.6 Å². The van der Waals surface area contributed by atoms with Gasteiger partial charge in [0.15, 0.2) is 5.82 Å². The van der Waals surface area contributed by atoms with E-state index in [1.54, 1.807) is 6.07 Å². The Morgan fingerprint density at radius 3 is 2.97 bits per heavy atom. The van der Waals surface area contributed by atoms with Crippen LogP contribution in [-0.2, 0) is 13.0 Å². The quantitative estimate of drug-likeness (QED) is 0.499. The van der Waals surface area contributed by atoms with Crippen LogP contribution in [0.5, 0.6) is 0 Å². The Morgan fingerprint density at radius 2 is 2.10 bits per heavy atom. The molecule has 154 valence electrons. The monoisotopic (exact) mass is 426 g/mol. The van der Waals surface area contributed by atoms with E-state index in [0.717, 1.165) is 22.0 Å². The van der Waals surface area contributed by atoms with Gasteiger partial charge in [-0.25, -0.2) is 4.39 Å². The third kappa shape index (κ3) is 3.71. The second-order valence-electron chi connectivity index (χ2n) is 7.66. The zero-order valence-electron chi connectivity index (χ0n) is 16.1. The van der Waals surface area contributed by atoms with Crippen LogP contribution in [0.2, 0.25) is 5.02 Å². The molecule has 2 N–H and O–H groups in total. The largest absolute Gasteiger partial charge is 0.392 e. The predicted molar refractivity (Wildman–Crippen MR) is 111 cm³/mol. The highest BCUT2D eigenvalue weighted by atomic mass is 35.5. The summed E-state index contributed by atoms with van der Waals surface area (Å²) in [7, 11) is 0. The van der Waals surface area contributed by atoms with Gasteiger partial charge in [-0.3, -0.25) is 4.90 Å². The van der Waals surface area contributed by atoms with Crippen molar-refractivity contribution < 1.29 is 14.0 Å². The summed E-state index contributed by atoms with van der Waals surface area (Å²) >= 11 is 6.11. The topological polar surface area (TPSA) is 78.2 Å². The fourth-order valence-corrected chi connectivity index (χ4v) is 4.34. The van der Waals surface area contributed by atoms with Crippen LogP contribution < -0.4 is 0 Å². The van der Waals surface area contributed by atoms with Crippen LogP contribution in [0.15, 0.2) is 53.2 Å². The number of para-hydroxylation sites is 1. The normalized spacial score (nSPS) is 19.7. The lowest BCUT2D eigenvalue weighted by Gasteiger charge is -2.20. The Balaban J connectivity index is 1.36. The summed E-state index contributed by atoms with van der Waals surface area (Å²) in [5.41, 5.74) is 2.97. The van der Waals surface area contributed by atoms with Crippen LogP contribution in [0.4, 0.5) is 4.39 Å². The number of rotatable bonds is 5. The summed E-state index contributed by atoms with van der Waals surface area (Å²) in [6.45, 7) is 1.19. The molecule has 3 heterocycles. The summed E-state index contributed by atoms with van der Waals surface area (Å²) in [5, 5.41) is 15.9. The number of fused-ring (bicyclic) bond motifs is 1. The number of likely N-dealkylation sites (tertiary alicyclic amines) is 1. The molecule has 1 aliphatic rings. The molecule has 2 aromatic heterocycles. The van der Waals surface area contributed by atoms with Crippen molar-refractivity contribution in [1.82, 2.24) is 20.0 Å². The zero-order chi connectivity index (χ0) is 20.7. The molecule has 30 heavy (non-hydrogen) atoms. The molecular weight excluding hydrogens is 407 g/mol. The number of aliphatic hydroxyl groups excluding tert-OH is 1. The Kier molecular flexibility index (Phi) is 5.02. The molecule has 4 aromatic rings. The van der Waals surface area contributed by atoms with Gasteiger partial charge in [0.05, 0.1) is 12.1 Å². The van der Waals surface area contributed by atoms with E-state index in [4.69, 9.17) is 16.1 Å². The highest BCUT2D eigenvalue weighted by Crippen LogP contribution is 2.34. The molecule has 0 radical (unpaired) electrons. The number of aromatic nitrogens is 3. The maximum atomic E-state index is 13.3. The molecule has 0 saturated carbocycles. The number of aromatic amines is 1. The Labute approximate surface area is 177 Å². The summed E-state index contributed by atoms with van der Waals surface area (Å²) in [4.78, 5) is 9.98. The molecule has 5 rings (SSSR count). The van der Waals surface area contributed by atoms with Gasteiger partial charge in [-0.2, -0.15) is 4.98 Å². The SMILES string of the molecule is O[C@@H]1C[C@@H](c2nc(Cc3ccc(F)cc3Cl)no2)N(Cc2c[nH]c3ccccc23)C1. The van der Waals surface area contributed by atoms with Crippen molar-refractivity contribution in [3.8, 4) is 0 Å². The standard InChI is InChI=1S/C22H20ClFN4O2/c23-18-8-15(24)6-5-13(18)7-21-26-22(30-27-21)20-9-16(29)12-28(20)11-14-10-25-19-4-2-1-3-17(14)19/h1-6,8,10,16,20,25,29H,7,9,11-12H2/t16-,20+/m1/s1. The van der Waals surface area contributed by atoms with Gasteiger partial charge in [0.1, 0.15) is 5.82 Å². The third-order valence-electron chi connectivity index (χ3n) is 5.56. The number of halogens is 2. The molecule has 0 unspecified atom stereocenters. The Hall–Kier alpha value is -2.74. The first-order valence-electron chi connectivity index (χ1n) is 9.80.